The molecule has 0 aromatic heterocycles. The number of halogens is 2. The molecule has 3 rings (SSSR count). The Kier molecular flexibility index (Phi) is 5.91. The van der Waals surface area contributed by atoms with Crippen LogP contribution in [0.2, 0.25) is 5.02 Å². The first-order valence-corrected chi connectivity index (χ1v) is 8.77. The average Bonchev–Trinajstić information content (AvgIpc) is 3.08. The number of benzene rings is 2. The highest BCUT2D eigenvalue weighted by Crippen LogP contribution is 2.29. The molecule has 134 valence electrons. The molecule has 1 aliphatic heterocycles. The minimum Gasteiger partial charge on any atom is -0.494 e. The molecule has 6 heteroatoms. The number of rotatable bonds is 6. The summed E-state index contributed by atoms with van der Waals surface area (Å²) in [5, 5.41) is 4.30. The summed E-state index contributed by atoms with van der Waals surface area (Å²) >= 11 is 6.27. The molecular weight excluding hydrogens is 341 g/mol. The number of hydrogen-bond acceptors (Lipinski definition) is 4. The zero-order chi connectivity index (χ0) is 17.8. The molecule has 4 nitrogen and oxygen atoms in total. The summed E-state index contributed by atoms with van der Waals surface area (Å²) < 4.78 is 19.0. The SMILES string of the molecule is COc1ccc(C2NNCC2CNC(C)c2ccccc2Cl)cc1F. The molecule has 0 bridgehead atoms. The average molecular weight is 364 g/mol. The van der Waals surface area contributed by atoms with Crippen LogP contribution in [-0.2, 0) is 0 Å². The van der Waals surface area contributed by atoms with Gasteiger partial charge in [-0.2, -0.15) is 0 Å². The molecule has 0 saturated carbocycles. The molecule has 2 aromatic carbocycles. The molecule has 3 unspecified atom stereocenters. The highest BCUT2D eigenvalue weighted by molar-refractivity contribution is 6.31. The van der Waals surface area contributed by atoms with Gasteiger partial charge in [-0.05, 0) is 36.2 Å². The van der Waals surface area contributed by atoms with Crippen molar-refractivity contribution in [3.8, 4) is 5.75 Å². The Morgan fingerprint density at radius 3 is 2.84 bits per heavy atom. The third kappa shape index (κ3) is 4.12. The van der Waals surface area contributed by atoms with Crippen LogP contribution in [0.4, 0.5) is 4.39 Å². The van der Waals surface area contributed by atoms with Crippen LogP contribution in [-0.4, -0.2) is 20.2 Å². The normalized spacial score (nSPS) is 21.3. The van der Waals surface area contributed by atoms with Crippen LogP contribution in [0.15, 0.2) is 42.5 Å². The van der Waals surface area contributed by atoms with E-state index in [1.807, 2.05) is 30.3 Å². The van der Waals surface area contributed by atoms with E-state index in [9.17, 15) is 4.39 Å². The van der Waals surface area contributed by atoms with Gasteiger partial charge in [-0.1, -0.05) is 35.9 Å². The van der Waals surface area contributed by atoms with Gasteiger partial charge < -0.3 is 10.1 Å². The van der Waals surface area contributed by atoms with Gasteiger partial charge in [-0.15, -0.1) is 0 Å². The van der Waals surface area contributed by atoms with E-state index in [4.69, 9.17) is 16.3 Å². The predicted molar refractivity (Wildman–Crippen MR) is 98.2 cm³/mol. The van der Waals surface area contributed by atoms with Gasteiger partial charge in [0.25, 0.3) is 0 Å². The van der Waals surface area contributed by atoms with Crippen molar-refractivity contribution in [2.45, 2.75) is 19.0 Å². The topological polar surface area (TPSA) is 45.3 Å². The van der Waals surface area contributed by atoms with Gasteiger partial charge in [0.2, 0.25) is 0 Å². The van der Waals surface area contributed by atoms with Crippen molar-refractivity contribution in [3.63, 3.8) is 0 Å². The number of hydrogen-bond donors (Lipinski definition) is 3. The van der Waals surface area contributed by atoms with Gasteiger partial charge in [0.05, 0.1) is 13.2 Å². The summed E-state index contributed by atoms with van der Waals surface area (Å²) in [6.07, 6.45) is 0. The Bertz CT molecular complexity index is 728. The zero-order valence-corrected chi connectivity index (χ0v) is 15.1. The third-order valence-corrected chi connectivity index (χ3v) is 5.03. The molecule has 1 saturated heterocycles. The number of nitrogens with one attached hydrogen (secondary N) is 3. The maximum atomic E-state index is 14.0. The zero-order valence-electron chi connectivity index (χ0n) is 14.4. The first kappa shape index (κ1) is 18.1. The van der Waals surface area contributed by atoms with Crippen LogP contribution in [0.25, 0.3) is 0 Å². The Morgan fingerprint density at radius 1 is 1.32 bits per heavy atom. The number of hydrazine groups is 1. The lowest BCUT2D eigenvalue weighted by atomic mass is 9.94. The van der Waals surface area contributed by atoms with E-state index >= 15 is 0 Å². The Labute approximate surface area is 152 Å². The molecule has 0 spiro atoms. The summed E-state index contributed by atoms with van der Waals surface area (Å²) in [5.74, 6) is 0.208. The fourth-order valence-corrected chi connectivity index (χ4v) is 3.52. The molecule has 0 aliphatic carbocycles. The Hall–Kier alpha value is -1.66. The van der Waals surface area contributed by atoms with E-state index in [0.717, 1.165) is 29.2 Å². The summed E-state index contributed by atoms with van der Waals surface area (Å²) in [5.41, 5.74) is 8.40. The van der Waals surface area contributed by atoms with Crippen LogP contribution in [0.5, 0.6) is 5.75 Å². The lowest BCUT2D eigenvalue weighted by Crippen LogP contribution is -2.30. The van der Waals surface area contributed by atoms with Crippen LogP contribution in [0.1, 0.15) is 30.1 Å². The summed E-state index contributed by atoms with van der Waals surface area (Å²) in [6, 6.07) is 13.1. The first-order valence-electron chi connectivity index (χ1n) is 8.39. The van der Waals surface area contributed by atoms with E-state index in [-0.39, 0.29) is 29.6 Å². The first-order chi connectivity index (χ1) is 12.1. The van der Waals surface area contributed by atoms with Crippen molar-refractivity contribution in [1.29, 1.82) is 0 Å². The van der Waals surface area contributed by atoms with Gasteiger partial charge in [-0.3, -0.25) is 5.43 Å². The summed E-state index contributed by atoms with van der Waals surface area (Å²) in [7, 11) is 1.47. The van der Waals surface area contributed by atoms with Gasteiger partial charge in [0.15, 0.2) is 11.6 Å². The fourth-order valence-electron chi connectivity index (χ4n) is 3.22. The van der Waals surface area contributed by atoms with Gasteiger partial charge in [0, 0.05) is 30.1 Å². The van der Waals surface area contributed by atoms with Crippen molar-refractivity contribution in [1.82, 2.24) is 16.2 Å². The number of ether oxygens (including phenoxy) is 1. The van der Waals surface area contributed by atoms with E-state index in [1.165, 1.54) is 13.2 Å². The molecule has 3 atom stereocenters. The maximum absolute atomic E-state index is 14.0. The van der Waals surface area contributed by atoms with Crippen molar-refractivity contribution in [2.24, 2.45) is 5.92 Å². The lowest BCUT2D eigenvalue weighted by molar-refractivity contribution is 0.383. The van der Waals surface area contributed by atoms with E-state index in [2.05, 4.69) is 23.1 Å². The van der Waals surface area contributed by atoms with Crippen LogP contribution < -0.4 is 20.9 Å². The molecule has 3 N–H and O–H groups in total. The van der Waals surface area contributed by atoms with E-state index in [0.29, 0.717) is 0 Å². The Morgan fingerprint density at radius 2 is 2.12 bits per heavy atom. The minimum absolute atomic E-state index is 0.0337. The smallest absolute Gasteiger partial charge is 0.165 e. The summed E-state index contributed by atoms with van der Waals surface area (Å²) in [6.45, 7) is 3.68. The molecular formula is C19H23ClFN3O. The molecule has 0 amide bonds. The lowest BCUT2D eigenvalue weighted by Gasteiger charge is -2.23. The van der Waals surface area contributed by atoms with Gasteiger partial charge in [-0.25, -0.2) is 9.82 Å². The standard InChI is InChI=1S/C19H23ClFN3O/c1-12(15-5-3-4-6-16(15)20)22-10-14-11-23-24-19(14)13-7-8-18(25-2)17(21)9-13/h3-9,12,14,19,22-24H,10-11H2,1-2H3. The third-order valence-electron chi connectivity index (χ3n) is 4.69. The summed E-state index contributed by atoms with van der Waals surface area (Å²) in [4.78, 5) is 0. The monoisotopic (exact) mass is 363 g/mol. The molecule has 0 radical (unpaired) electrons. The second-order valence-corrected chi connectivity index (χ2v) is 6.72. The predicted octanol–water partition coefficient (Wildman–Crippen LogP) is 3.60. The highest BCUT2D eigenvalue weighted by Gasteiger charge is 2.29. The van der Waals surface area contributed by atoms with Gasteiger partial charge in [0.1, 0.15) is 0 Å². The van der Waals surface area contributed by atoms with Crippen molar-refractivity contribution in [3.05, 3.63) is 64.4 Å². The number of methoxy groups -OCH3 is 1. The highest BCUT2D eigenvalue weighted by atomic mass is 35.5. The largest absolute Gasteiger partial charge is 0.494 e. The van der Waals surface area contributed by atoms with Gasteiger partial charge >= 0.3 is 0 Å². The second kappa shape index (κ2) is 8.15. The molecule has 25 heavy (non-hydrogen) atoms. The van der Waals surface area contributed by atoms with Crippen molar-refractivity contribution in [2.75, 3.05) is 20.2 Å². The van der Waals surface area contributed by atoms with Crippen LogP contribution >= 0.6 is 11.6 Å². The second-order valence-electron chi connectivity index (χ2n) is 6.31. The van der Waals surface area contributed by atoms with Crippen molar-refractivity contribution >= 4 is 11.6 Å². The Balaban J connectivity index is 1.66. The van der Waals surface area contributed by atoms with E-state index in [1.54, 1.807) is 6.07 Å². The molecule has 1 fully saturated rings. The molecule has 1 aliphatic rings. The van der Waals surface area contributed by atoms with Crippen LogP contribution in [0, 0.1) is 11.7 Å². The quantitative estimate of drug-likeness (QED) is 0.733. The van der Waals surface area contributed by atoms with Crippen LogP contribution in [0.3, 0.4) is 0 Å². The van der Waals surface area contributed by atoms with Crippen molar-refractivity contribution < 1.29 is 9.13 Å². The molecule has 2 aromatic rings. The maximum Gasteiger partial charge on any atom is 0.165 e. The van der Waals surface area contributed by atoms with E-state index < -0.39 is 0 Å². The minimum atomic E-state index is -0.343. The molecule has 1 heterocycles. The fraction of sp³-hybridized carbons (Fsp3) is 0.368.